The number of piperazine rings is 1. The van der Waals surface area contributed by atoms with Crippen LogP contribution in [0.4, 0.5) is 20.4 Å². The van der Waals surface area contributed by atoms with Gasteiger partial charge in [0.2, 0.25) is 5.95 Å². The third-order valence-electron chi connectivity index (χ3n) is 4.43. The molecule has 1 aromatic heterocycles. The fraction of sp³-hybridized carbons (Fsp3) is 0.353. The Bertz CT molecular complexity index is 735. The van der Waals surface area contributed by atoms with Gasteiger partial charge in [0, 0.05) is 18.5 Å². The molecule has 0 saturated carbocycles. The van der Waals surface area contributed by atoms with Crippen molar-refractivity contribution in [1.29, 1.82) is 0 Å². The van der Waals surface area contributed by atoms with E-state index in [9.17, 15) is 13.6 Å². The Kier molecular flexibility index (Phi) is 5.18. The molecular formula is C17H20F2N5O+. The number of halogens is 2. The van der Waals surface area contributed by atoms with Crippen LogP contribution in [0, 0.1) is 11.6 Å². The Balaban J connectivity index is 1.57. The SMILES string of the molecule is C[C@@H](C(=O)Nc1cc(F)ccc1F)[NH+]1CCN(c2ncccn2)CC1. The molecule has 2 aromatic rings. The Labute approximate surface area is 144 Å². The molecule has 6 nitrogen and oxygen atoms in total. The molecule has 0 unspecified atom stereocenters. The van der Waals surface area contributed by atoms with Crippen LogP contribution in [0.15, 0.2) is 36.7 Å². The largest absolute Gasteiger partial charge is 0.330 e. The van der Waals surface area contributed by atoms with E-state index in [4.69, 9.17) is 0 Å². The maximum atomic E-state index is 13.7. The molecule has 2 heterocycles. The van der Waals surface area contributed by atoms with Crippen molar-refractivity contribution in [1.82, 2.24) is 9.97 Å². The standard InChI is InChI=1S/C17H19F2N5O/c1-12(16(25)22-15-11-13(18)3-4-14(15)19)23-7-9-24(10-8-23)17-20-5-2-6-21-17/h2-6,11-12H,7-10H2,1H3,(H,22,25)/p+1/t12-/m0/s1. The van der Waals surface area contributed by atoms with Crippen LogP contribution in [0.25, 0.3) is 0 Å². The molecule has 1 fully saturated rings. The molecule has 1 aliphatic heterocycles. The topological polar surface area (TPSA) is 62.6 Å². The highest BCUT2D eigenvalue weighted by molar-refractivity contribution is 5.93. The summed E-state index contributed by atoms with van der Waals surface area (Å²) in [5.41, 5.74) is -0.132. The fourth-order valence-electron chi connectivity index (χ4n) is 2.90. The second-order valence-electron chi connectivity index (χ2n) is 6.03. The first-order valence-corrected chi connectivity index (χ1v) is 8.17. The third kappa shape index (κ3) is 4.08. The second-order valence-corrected chi connectivity index (χ2v) is 6.03. The number of hydrogen-bond donors (Lipinski definition) is 2. The van der Waals surface area contributed by atoms with Crippen molar-refractivity contribution in [2.75, 3.05) is 36.4 Å². The first-order chi connectivity index (χ1) is 12.0. The van der Waals surface area contributed by atoms with Gasteiger partial charge in [0.05, 0.1) is 31.9 Å². The van der Waals surface area contributed by atoms with E-state index in [1.165, 1.54) is 0 Å². The summed E-state index contributed by atoms with van der Waals surface area (Å²) in [5.74, 6) is -0.888. The van der Waals surface area contributed by atoms with Gasteiger partial charge >= 0.3 is 0 Å². The van der Waals surface area contributed by atoms with Gasteiger partial charge in [-0.15, -0.1) is 0 Å². The molecule has 25 heavy (non-hydrogen) atoms. The van der Waals surface area contributed by atoms with Crippen molar-refractivity contribution in [3.8, 4) is 0 Å². The summed E-state index contributed by atoms with van der Waals surface area (Å²) in [4.78, 5) is 24.0. The van der Waals surface area contributed by atoms with Gasteiger partial charge in [0.15, 0.2) is 6.04 Å². The van der Waals surface area contributed by atoms with Gasteiger partial charge < -0.3 is 15.1 Å². The molecule has 3 rings (SSSR count). The Hall–Kier alpha value is -2.61. The molecule has 8 heteroatoms. The molecule has 0 spiro atoms. The third-order valence-corrected chi connectivity index (χ3v) is 4.43. The number of hydrogen-bond acceptors (Lipinski definition) is 4. The van der Waals surface area contributed by atoms with Crippen molar-refractivity contribution >= 4 is 17.5 Å². The van der Waals surface area contributed by atoms with Crippen LogP contribution in [0.2, 0.25) is 0 Å². The van der Waals surface area contributed by atoms with Gasteiger partial charge in [0.1, 0.15) is 11.6 Å². The predicted molar refractivity (Wildman–Crippen MR) is 89.4 cm³/mol. The van der Waals surface area contributed by atoms with Crippen molar-refractivity contribution < 1.29 is 18.5 Å². The van der Waals surface area contributed by atoms with Crippen molar-refractivity contribution in [2.45, 2.75) is 13.0 Å². The minimum absolute atomic E-state index is 0.132. The van der Waals surface area contributed by atoms with Gasteiger partial charge in [0.25, 0.3) is 5.91 Å². The van der Waals surface area contributed by atoms with Crippen LogP contribution in [0.3, 0.4) is 0 Å². The average Bonchev–Trinajstić information content (AvgIpc) is 2.65. The molecule has 1 aromatic carbocycles. The van der Waals surface area contributed by atoms with Crippen LogP contribution >= 0.6 is 0 Å². The first-order valence-electron chi connectivity index (χ1n) is 8.17. The minimum atomic E-state index is -0.650. The van der Waals surface area contributed by atoms with E-state index in [-0.39, 0.29) is 17.6 Å². The van der Waals surface area contributed by atoms with E-state index in [0.29, 0.717) is 5.95 Å². The number of carbonyl (C=O) groups is 1. The fourth-order valence-corrected chi connectivity index (χ4v) is 2.90. The smallest absolute Gasteiger partial charge is 0.282 e. The molecule has 132 valence electrons. The van der Waals surface area contributed by atoms with Gasteiger partial charge in [-0.25, -0.2) is 18.7 Å². The molecule has 0 bridgehead atoms. The second kappa shape index (κ2) is 7.52. The number of nitrogens with zero attached hydrogens (tertiary/aromatic N) is 3. The molecule has 1 aliphatic rings. The highest BCUT2D eigenvalue weighted by Gasteiger charge is 2.30. The van der Waals surface area contributed by atoms with Crippen LogP contribution < -0.4 is 15.1 Å². The molecular weight excluding hydrogens is 328 g/mol. The minimum Gasteiger partial charge on any atom is -0.330 e. The zero-order chi connectivity index (χ0) is 17.8. The Morgan fingerprint density at radius 1 is 1.24 bits per heavy atom. The van der Waals surface area contributed by atoms with Gasteiger partial charge in [-0.3, -0.25) is 4.79 Å². The highest BCUT2D eigenvalue weighted by Crippen LogP contribution is 2.15. The number of rotatable bonds is 4. The number of nitrogens with one attached hydrogen (secondary N) is 2. The lowest BCUT2D eigenvalue weighted by Crippen LogP contribution is -3.19. The molecule has 2 N–H and O–H groups in total. The Morgan fingerprint density at radius 3 is 2.60 bits per heavy atom. The number of carbonyl (C=O) groups excluding carboxylic acids is 1. The molecule has 1 amide bonds. The molecule has 0 aliphatic carbocycles. The van der Waals surface area contributed by atoms with Crippen LogP contribution in [-0.4, -0.2) is 48.1 Å². The van der Waals surface area contributed by atoms with Crippen LogP contribution in [0.5, 0.6) is 0 Å². The maximum absolute atomic E-state index is 13.7. The number of amides is 1. The van der Waals surface area contributed by atoms with E-state index in [1.54, 1.807) is 25.4 Å². The summed E-state index contributed by atoms with van der Waals surface area (Å²) >= 11 is 0. The summed E-state index contributed by atoms with van der Waals surface area (Å²) in [7, 11) is 0. The molecule has 1 saturated heterocycles. The van der Waals surface area contributed by atoms with Crippen molar-refractivity contribution in [2.24, 2.45) is 0 Å². The summed E-state index contributed by atoms with van der Waals surface area (Å²) in [6.45, 7) is 4.71. The molecule has 1 atom stereocenters. The van der Waals surface area contributed by atoms with Gasteiger partial charge in [-0.05, 0) is 25.1 Å². The number of quaternary nitrogens is 1. The lowest BCUT2D eigenvalue weighted by Gasteiger charge is -2.34. The zero-order valence-electron chi connectivity index (χ0n) is 13.9. The van der Waals surface area contributed by atoms with E-state index in [1.807, 2.05) is 0 Å². The number of aromatic nitrogens is 2. The summed E-state index contributed by atoms with van der Waals surface area (Å²) in [6.07, 6.45) is 3.40. The lowest BCUT2D eigenvalue weighted by atomic mass is 10.2. The predicted octanol–water partition coefficient (Wildman–Crippen LogP) is 0.487. The zero-order valence-corrected chi connectivity index (χ0v) is 13.9. The maximum Gasteiger partial charge on any atom is 0.282 e. The summed E-state index contributed by atoms with van der Waals surface area (Å²) in [5, 5.41) is 2.48. The van der Waals surface area contributed by atoms with E-state index in [0.717, 1.165) is 49.3 Å². The Morgan fingerprint density at radius 2 is 1.92 bits per heavy atom. The number of benzene rings is 1. The van der Waals surface area contributed by atoms with Gasteiger partial charge in [-0.1, -0.05) is 0 Å². The van der Waals surface area contributed by atoms with Crippen LogP contribution in [-0.2, 0) is 4.79 Å². The van der Waals surface area contributed by atoms with Crippen LogP contribution in [0.1, 0.15) is 6.92 Å². The summed E-state index contributed by atoms with van der Waals surface area (Å²) in [6, 6.07) is 4.40. The molecule has 0 radical (unpaired) electrons. The highest BCUT2D eigenvalue weighted by atomic mass is 19.1. The van der Waals surface area contributed by atoms with E-state index in [2.05, 4.69) is 20.2 Å². The van der Waals surface area contributed by atoms with E-state index >= 15 is 0 Å². The van der Waals surface area contributed by atoms with E-state index < -0.39 is 11.6 Å². The van der Waals surface area contributed by atoms with Gasteiger partial charge in [-0.2, -0.15) is 0 Å². The lowest BCUT2D eigenvalue weighted by molar-refractivity contribution is -0.914. The average molecular weight is 348 g/mol. The normalized spacial score (nSPS) is 16.5. The van der Waals surface area contributed by atoms with Crippen molar-refractivity contribution in [3.63, 3.8) is 0 Å². The monoisotopic (exact) mass is 348 g/mol. The number of anilines is 2. The van der Waals surface area contributed by atoms with Crippen molar-refractivity contribution in [3.05, 3.63) is 48.3 Å². The quantitative estimate of drug-likeness (QED) is 0.844. The summed E-state index contributed by atoms with van der Waals surface area (Å²) < 4.78 is 26.9. The first kappa shape index (κ1) is 17.2.